The molecule has 3 saturated heterocycles. The Balaban J connectivity index is 1.10. The first-order valence-electron chi connectivity index (χ1n) is 31.7. The standard InChI is InChI=1S/C73H84O20S/c1-6-94-73-70(92-61(78)38-37-48(2)74)67(93-72-69(88-51(5)77)66(84-44-57-35-23-12-24-36-57)63(82-42-55-31-19-10-20-32-55)59(90-72)46-80-40-53-27-15-8-16-28-53)64(86-49(3)75)60(91-73)47-85-71-68(87-50(4)76)65(83-43-56-33-21-11-22-34-56)62(81-41-54-29-17-9-18-30-54)58(89-71)45-79-39-52-25-13-7-14-26-52/h7-36,58-60,62-73H,6,37-47H2,1-5H3/t58-,59-,60-,62-,63-,64-,65+,66+,67+,68+,69+,70-,71+,72-,73+/m1/s1. The summed E-state index contributed by atoms with van der Waals surface area (Å²) in [7, 11) is 0. The first-order chi connectivity index (χ1) is 45.8. The van der Waals surface area contributed by atoms with E-state index in [-0.39, 0.29) is 71.5 Å². The van der Waals surface area contributed by atoms with Crippen molar-refractivity contribution in [3.05, 3.63) is 215 Å². The molecule has 6 aromatic rings. The van der Waals surface area contributed by atoms with Gasteiger partial charge in [-0.05, 0) is 46.1 Å². The second-order valence-corrected chi connectivity index (χ2v) is 24.3. The third-order valence-electron chi connectivity index (χ3n) is 15.6. The van der Waals surface area contributed by atoms with Gasteiger partial charge in [-0.2, -0.15) is 0 Å². The van der Waals surface area contributed by atoms with Gasteiger partial charge in [0.25, 0.3) is 0 Å². The Hall–Kier alpha value is -7.22. The molecule has 94 heavy (non-hydrogen) atoms. The molecule has 3 aliphatic rings. The van der Waals surface area contributed by atoms with E-state index < -0.39 is 122 Å². The van der Waals surface area contributed by atoms with Gasteiger partial charge < -0.3 is 75.8 Å². The van der Waals surface area contributed by atoms with Crippen LogP contribution in [0.3, 0.4) is 0 Å². The Kier molecular flexibility index (Phi) is 28.1. The zero-order valence-corrected chi connectivity index (χ0v) is 54.4. The summed E-state index contributed by atoms with van der Waals surface area (Å²) in [6.45, 7) is 7.02. The van der Waals surface area contributed by atoms with E-state index in [0.717, 1.165) is 33.4 Å². The first-order valence-corrected chi connectivity index (χ1v) is 32.7. The number of Topliss-reactive ketones (excluding diaryl/α,β-unsaturated/α-hetero) is 1. The molecule has 20 nitrogen and oxygen atoms in total. The summed E-state index contributed by atoms with van der Waals surface area (Å²) in [6, 6.07) is 57.1. The molecule has 3 heterocycles. The van der Waals surface area contributed by atoms with Crippen molar-refractivity contribution < 1.29 is 95.0 Å². The average molecular weight is 1310 g/mol. The number of carbonyl (C=O) groups excluding carboxylic acids is 5. The Morgan fingerprint density at radius 2 is 0.702 bits per heavy atom. The number of esters is 4. The summed E-state index contributed by atoms with van der Waals surface area (Å²) >= 11 is 1.25. The topological polar surface area (TPSA) is 224 Å². The number of thioether (sulfide) groups is 1. The van der Waals surface area contributed by atoms with Gasteiger partial charge in [-0.15, -0.1) is 11.8 Å². The predicted octanol–water partition coefficient (Wildman–Crippen LogP) is 10.2. The highest BCUT2D eigenvalue weighted by molar-refractivity contribution is 7.99. The lowest BCUT2D eigenvalue weighted by molar-refractivity contribution is -0.354. The maximum Gasteiger partial charge on any atom is 0.306 e. The van der Waals surface area contributed by atoms with Gasteiger partial charge in [0, 0.05) is 27.2 Å². The van der Waals surface area contributed by atoms with Crippen LogP contribution in [0.1, 0.15) is 80.8 Å². The predicted molar refractivity (Wildman–Crippen MR) is 344 cm³/mol. The first kappa shape index (κ1) is 71.1. The minimum Gasteiger partial charge on any atom is -0.457 e. The molecule has 0 amide bonds. The van der Waals surface area contributed by atoms with Crippen molar-refractivity contribution in [1.82, 2.24) is 0 Å². The Labute approximate surface area is 553 Å². The summed E-state index contributed by atoms with van der Waals surface area (Å²) in [5.41, 5.74) is 3.99. The summed E-state index contributed by atoms with van der Waals surface area (Å²) in [5.74, 6) is -2.84. The van der Waals surface area contributed by atoms with Crippen LogP contribution in [-0.4, -0.2) is 146 Å². The fourth-order valence-corrected chi connectivity index (χ4v) is 12.2. The SMILES string of the molecule is CCS[C@@H]1O[C@H](CO[C@H]2O[C@H](COCc3ccccc3)[C@@H](OCc3ccccc3)[C@H](OCc3ccccc3)[C@@H]2OC(C)=O)[C@@H](OC(C)=O)[C@H](O[C@H]2O[C@H](COCc3ccccc3)[C@@H](OCc3ccccc3)[C@H](OCc3ccccc3)[C@@H]2OC(C)=O)[C@H]1OC(=O)CCC(C)=O. The maximum absolute atomic E-state index is 14.1. The summed E-state index contributed by atoms with van der Waals surface area (Å²) in [6.07, 6.45) is -18.1. The molecule has 0 N–H and O–H groups in total. The molecule has 0 spiro atoms. The lowest BCUT2D eigenvalue weighted by Gasteiger charge is -2.50. The van der Waals surface area contributed by atoms with Crippen molar-refractivity contribution in [2.24, 2.45) is 0 Å². The highest BCUT2D eigenvalue weighted by Gasteiger charge is 2.57. The summed E-state index contributed by atoms with van der Waals surface area (Å²) < 4.78 is 100.0. The van der Waals surface area contributed by atoms with Crippen molar-refractivity contribution in [2.75, 3.05) is 25.6 Å². The molecule has 3 fully saturated rings. The lowest BCUT2D eigenvalue weighted by atomic mass is 9.96. The van der Waals surface area contributed by atoms with Crippen molar-refractivity contribution in [3.63, 3.8) is 0 Å². The summed E-state index contributed by atoms with van der Waals surface area (Å²) in [4.78, 5) is 67.3. The normalized spacial score (nSPS) is 25.9. The van der Waals surface area contributed by atoms with Crippen LogP contribution in [0, 0.1) is 0 Å². The van der Waals surface area contributed by atoms with Crippen LogP contribution in [0.4, 0.5) is 0 Å². The lowest BCUT2D eigenvalue weighted by Crippen LogP contribution is -2.67. The zero-order chi connectivity index (χ0) is 66.0. The van der Waals surface area contributed by atoms with Gasteiger partial charge in [0.15, 0.2) is 37.0 Å². The van der Waals surface area contributed by atoms with Gasteiger partial charge in [-0.3, -0.25) is 19.2 Å². The molecule has 0 saturated carbocycles. The molecule has 0 unspecified atom stereocenters. The van der Waals surface area contributed by atoms with Gasteiger partial charge >= 0.3 is 23.9 Å². The number of ether oxygens (including phenoxy) is 15. The van der Waals surface area contributed by atoms with Crippen LogP contribution in [0.2, 0.25) is 0 Å². The number of rotatable bonds is 34. The van der Waals surface area contributed by atoms with E-state index in [4.69, 9.17) is 71.1 Å². The third-order valence-corrected chi connectivity index (χ3v) is 16.6. The highest BCUT2D eigenvalue weighted by Crippen LogP contribution is 2.40. The Morgan fingerprint density at radius 3 is 1.09 bits per heavy atom. The minimum atomic E-state index is -1.61. The van der Waals surface area contributed by atoms with Gasteiger partial charge in [-0.25, -0.2) is 0 Å². The van der Waals surface area contributed by atoms with Crippen LogP contribution in [0.15, 0.2) is 182 Å². The fourth-order valence-electron chi connectivity index (χ4n) is 11.2. The van der Waals surface area contributed by atoms with Crippen LogP contribution in [0.25, 0.3) is 0 Å². The Bertz CT molecular complexity index is 3230. The Morgan fingerprint density at radius 1 is 0.351 bits per heavy atom. The monoisotopic (exact) mass is 1310 g/mol. The van der Waals surface area contributed by atoms with Crippen LogP contribution in [-0.2, 0) is 135 Å². The molecule has 0 radical (unpaired) electrons. The molecule has 0 bridgehead atoms. The molecule has 3 aliphatic heterocycles. The van der Waals surface area contributed by atoms with Gasteiger partial charge in [0.2, 0.25) is 0 Å². The van der Waals surface area contributed by atoms with Gasteiger partial charge in [0.05, 0.1) is 65.9 Å². The van der Waals surface area contributed by atoms with Crippen LogP contribution >= 0.6 is 11.8 Å². The van der Waals surface area contributed by atoms with Crippen molar-refractivity contribution >= 4 is 41.4 Å². The minimum absolute atomic E-state index is 0.0206. The molecule has 0 aromatic heterocycles. The van der Waals surface area contributed by atoms with E-state index in [1.807, 2.05) is 189 Å². The van der Waals surface area contributed by atoms with E-state index in [9.17, 15) is 24.0 Å². The highest BCUT2D eigenvalue weighted by atomic mass is 32.2. The summed E-state index contributed by atoms with van der Waals surface area (Å²) in [5, 5.41) is 0. The molecule has 6 aromatic carbocycles. The second kappa shape index (κ2) is 37.2. The number of carbonyl (C=O) groups is 5. The number of hydrogen-bond acceptors (Lipinski definition) is 21. The van der Waals surface area contributed by atoms with Gasteiger partial charge in [0.1, 0.15) is 60.1 Å². The van der Waals surface area contributed by atoms with Crippen LogP contribution < -0.4 is 0 Å². The second-order valence-electron chi connectivity index (χ2n) is 22.9. The number of ketones is 1. The molecule has 502 valence electrons. The molecule has 15 atom stereocenters. The fraction of sp³-hybridized carbons (Fsp3) is 0.438. The zero-order valence-electron chi connectivity index (χ0n) is 53.5. The van der Waals surface area contributed by atoms with Crippen LogP contribution in [0.5, 0.6) is 0 Å². The molecule has 9 rings (SSSR count). The smallest absolute Gasteiger partial charge is 0.306 e. The third kappa shape index (κ3) is 21.7. The largest absolute Gasteiger partial charge is 0.457 e. The molecule has 0 aliphatic carbocycles. The van der Waals surface area contributed by atoms with E-state index >= 15 is 0 Å². The molecular formula is C73H84O20S. The average Bonchev–Trinajstić information content (AvgIpc) is 0.786. The molecule has 21 heteroatoms. The quantitative estimate of drug-likeness (QED) is 0.0270. The maximum atomic E-state index is 14.1. The van der Waals surface area contributed by atoms with Crippen molar-refractivity contribution in [3.8, 4) is 0 Å². The van der Waals surface area contributed by atoms with E-state index in [2.05, 4.69) is 0 Å². The van der Waals surface area contributed by atoms with Crippen molar-refractivity contribution in [2.45, 2.75) is 178 Å². The molecular weight excluding hydrogens is 1230 g/mol. The van der Waals surface area contributed by atoms with Gasteiger partial charge in [-0.1, -0.05) is 189 Å². The van der Waals surface area contributed by atoms with E-state index in [1.54, 1.807) is 0 Å². The van der Waals surface area contributed by atoms with E-state index in [0.29, 0.717) is 5.75 Å². The van der Waals surface area contributed by atoms with Crippen molar-refractivity contribution in [1.29, 1.82) is 0 Å². The number of hydrogen-bond donors (Lipinski definition) is 0. The van der Waals surface area contributed by atoms with E-state index in [1.165, 1.54) is 39.5 Å². The number of benzene rings is 6.